The number of nitrogens with zero attached hydrogens (tertiary/aromatic N) is 1. The third-order valence-electron chi connectivity index (χ3n) is 5.78. The van der Waals surface area contributed by atoms with Crippen molar-refractivity contribution in [3.05, 3.63) is 59.1 Å². The molecule has 0 fully saturated rings. The second kappa shape index (κ2) is 12.7. The molecule has 0 radical (unpaired) electrons. The molecule has 1 N–H and O–H groups in total. The fourth-order valence-electron chi connectivity index (χ4n) is 3.98. The van der Waals surface area contributed by atoms with Gasteiger partial charge in [-0.05, 0) is 70.2 Å². The van der Waals surface area contributed by atoms with E-state index in [1.807, 2.05) is 6.07 Å². The summed E-state index contributed by atoms with van der Waals surface area (Å²) in [5.74, 6) is -0.161. The number of halogens is 1. The number of unbranched alkanes of at least 4 members (excludes halogenated alkanes) is 1. The summed E-state index contributed by atoms with van der Waals surface area (Å²) in [5.41, 5.74) is 5.08. The molecule has 0 aliphatic carbocycles. The van der Waals surface area contributed by atoms with Crippen LogP contribution in [-0.2, 0) is 13.1 Å². The molecule has 1 atom stereocenters. The number of fused-ring (bicyclic) bond motifs is 1. The van der Waals surface area contributed by atoms with Gasteiger partial charge in [-0.1, -0.05) is 56.4 Å². The summed E-state index contributed by atoms with van der Waals surface area (Å²) in [6, 6.07) is 5.72. The van der Waals surface area contributed by atoms with E-state index in [-0.39, 0.29) is 5.82 Å². The lowest BCUT2D eigenvalue weighted by Crippen LogP contribution is -2.28. The Morgan fingerprint density at radius 1 is 1.10 bits per heavy atom. The minimum absolute atomic E-state index is 0.161. The second-order valence-corrected chi connectivity index (χ2v) is 8.85. The van der Waals surface area contributed by atoms with Crippen LogP contribution in [-0.4, -0.2) is 10.6 Å². The molecule has 0 saturated heterocycles. The Kier molecular flexibility index (Phi) is 10.4. The van der Waals surface area contributed by atoms with Gasteiger partial charge < -0.3 is 9.88 Å². The van der Waals surface area contributed by atoms with Gasteiger partial charge in [0.25, 0.3) is 0 Å². The van der Waals surface area contributed by atoms with E-state index < -0.39 is 0 Å². The first-order chi connectivity index (χ1) is 14.4. The third kappa shape index (κ3) is 7.75. The number of allylic oxidation sites excluding steroid dienone is 4. The summed E-state index contributed by atoms with van der Waals surface area (Å²) in [5, 5.41) is 4.77. The molecule has 2 nitrogen and oxygen atoms in total. The summed E-state index contributed by atoms with van der Waals surface area (Å²) in [6.07, 6.45) is 15.1. The molecule has 0 saturated carbocycles. The molecule has 30 heavy (non-hydrogen) atoms. The van der Waals surface area contributed by atoms with Crippen LogP contribution in [0.3, 0.4) is 0 Å². The number of aromatic nitrogens is 1. The van der Waals surface area contributed by atoms with Crippen LogP contribution in [0, 0.1) is 5.82 Å². The van der Waals surface area contributed by atoms with Crippen LogP contribution >= 0.6 is 0 Å². The van der Waals surface area contributed by atoms with Gasteiger partial charge in [-0.3, -0.25) is 0 Å². The first-order valence-corrected chi connectivity index (χ1v) is 11.7. The van der Waals surface area contributed by atoms with E-state index in [1.165, 1.54) is 48.8 Å². The molecule has 1 heterocycles. The van der Waals surface area contributed by atoms with E-state index in [9.17, 15) is 4.39 Å². The minimum Gasteiger partial charge on any atom is -0.343 e. The molecule has 0 aliphatic heterocycles. The van der Waals surface area contributed by atoms with Crippen LogP contribution in [0.1, 0.15) is 85.1 Å². The van der Waals surface area contributed by atoms with Gasteiger partial charge in [-0.25, -0.2) is 4.39 Å². The van der Waals surface area contributed by atoms with Gasteiger partial charge in [0, 0.05) is 36.2 Å². The van der Waals surface area contributed by atoms with Gasteiger partial charge in [0.15, 0.2) is 0 Å². The largest absolute Gasteiger partial charge is 0.343 e. The zero-order valence-electron chi connectivity index (χ0n) is 19.7. The van der Waals surface area contributed by atoms with Gasteiger partial charge >= 0.3 is 0 Å². The van der Waals surface area contributed by atoms with Crippen molar-refractivity contribution in [1.82, 2.24) is 9.88 Å². The number of rotatable bonds is 13. The van der Waals surface area contributed by atoms with Crippen molar-refractivity contribution in [1.29, 1.82) is 0 Å². The quantitative estimate of drug-likeness (QED) is 0.331. The Hall–Kier alpha value is -1.87. The van der Waals surface area contributed by atoms with Crippen LogP contribution in [0.25, 0.3) is 10.9 Å². The van der Waals surface area contributed by atoms with Crippen LogP contribution < -0.4 is 5.32 Å². The molecular formula is C27H41FN2. The summed E-state index contributed by atoms with van der Waals surface area (Å²) >= 11 is 0. The average Bonchev–Trinajstić information content (AvgIpc) is 3.05. The van der Waals surface area contributed by atoms with Crippen molar-refractivity contribution in [2.24, 2.45) is 0 Å². The second-order valence-electron chi connectivity index (χ2n) is 8.85. The van der Waals surface area contributed by atoms with E-state index in [0.29, 0.717) is 6.04 Å². The molecule has 1 unspecified atom stereocenters. The van der Waals surface area contributed by atoms with Gasteiger partial charge in [-0.15, -0.1) is 0 Å². The Bertz CT molecular complexity index is 840. The lowest BCUT2D eigenvalue weighted by Gasteiger charge is -2.17. The summed E-state index contributed by atoms with van der Waals surface area (Å²) in [4.78, 5) is 0. The van der Waals surface area contributed by atoms with Crippen LogP contribution in [0.2, 0.25) is 0 Å². The lowest BCUT2D eigenvalue weighted by molar-refractivity contribution is 0.434. The Balaban J connectivity index is 2.14. The van der Waals surface area contributed by atoms with E-state index >= 15 is 0 Å². The molecule has 1 aromatic heterocycles. The molecule has 0 aliphatic rings. The number of hydrogen-bond donors (Lipinski definition) is 1. The number of nitrogens with one attached hydrogen (secondary N) is 1. The van der Waals surface area contributed by atoms with Crippen molar-refractivity contribution in [2.45, 2.75) is 98.7 Å². The standard InChI is InChI=1S/C27H41FN2/c1-6-8-13-25(10-7-2)29-19-23-20-30(27-15-14-24(28)18-26(23)27)17-16-22(5)12-9-11-21(3)4/h11,14-16,18,20,25,29H,6-10,12-13,17,19H2,1-5H3. The highest BCUT2D eigenvalue weighted by Gasteiger charge is 2.12. The van der Waals surface area contributed by atoms with Gasteiger partial charge in [0.1, 0.15) is 5.82 Å². The first kappa shape index (κ1) is 24.4. The molecule has 3 heteroatoms. The van der Waals surface area contributed by atoms with Gasteiger partial charge in [-0.2, -0.15) is 0 Å². The highest BCUT2D eigenvalue weighted by Crippen LogP contribution is 2.24. The fourth-order valence-corrected chi connectivity index (χ4v) is 3.98. The van der Waals surface area contributed by atoms with Crippen molar-refractivity contribution >= 4 is 10.9 Å². The monoisotopic (exact) mass is 412 g/mol. The summed E-state index contributed by atoms with van der Waals surface area (Å²) in [6.45, 7) is 12.6. The molecule has 0 amide bonds. The highest BCUT2D eigenvalue weighted by molar-refractivity contribution is 5.84. The maximum atomic E-state index is 14.0. The number of hydrogen-bond acceptors (Lipinski definition) is 1. The van der Waals surface area contributed by atoms with E-state index in [1.54, 1.807) is 12.1 Å². The van der Waals surface area contributed by atoms with Crippen molar-refractivity contribution in [2.75, 3.05) is 0 Å². The summed E-state index contributed by atoms with van der Waals surface area (Å²) < 4.78 is 16.2. The number of benzene rings is 1. The predicted molar refractivity (Wildman–Crippen MR) is 129 cm³/mol. The molecule has 0 spiro atoms. The van der Waals surface area contributed by atoms with E-state index in [2.05, 4.69) is 62.9 Å². The third-order valence-corrected chi connectivity index (χ3v) is 5.78. The van der Waals surface area contributed by atoms with Crippen molar-refractivity contribution in [3.63, 3.8) is 0 Å². The maximum Gasteiger partial charge on any atom is 0.123 e. The van der Waals surface area contributed by atoms with Crippen LogP contribution in [0.4, 0.5) is 4.39 Å². The molecular weight excluding hydrogens is 371 g/mol. The molecule has 2 aromatic rings. The maximum absolute atomic E-state index is 14.0. The topological polar surface area (TPSA) is 17.0 Å². The Morgan fingerprint density at radius 2 is 1.90 bits per heavy atom. The van der Waals surface area contributed by atoms with Crippen molar-refractivity contribution in [3.8, 4) is 0 Å². The van der Waals surface area contributed by atoms with Crippen molar-refractivity contribution < 1.29 is 4.39 Å². The van der Waals surface area contributed by atoms with Gasteiger partial charge in [0.05, 0.1) is 0 Å². The zero-order valence-corrected chi connectivity index (χ0v) is 19.7. The molecule has 2 rings (SSSR count). The molecule has 1 aromatic carbocycles. The fraction of sp³-hybridized carbons (Fsp3) is 0.556. The molecule has 0 bridgehead atoms. The van der Waals surface area contributed by atoms with Crippen LogP contribution in [0.15, 0.2) is 47.7 Å². The zero-order chi connectivity index (χ0) is 21.9. The van der Waals surface area contributed by atoms with Crippen LogP contribution in [0.5, 0.6) is 0 Å². The summed E-state index contributed by atoms with van der Waals surface area (Å²) in [7, 11) is 0. The Morgan fingerprint density at radius 3 is 2.60 bits per heavy atom. The SMILES string of the molecule is CCCCC(CCC)NCc1cn(CC=C(C)CCC=C(C)C)c2ccc(F)cc12. The minimum atomic E-state index is -0.161. The van der Waals surface area contributed by atoms with E-state index in [0.717, 1.165) is 36.8 Å². The normalized spacial score (nSPS) is 13.1. The smallest absolute Gasteiger partial charge is 0.123 e. The average molecular weight is 413 g/mol. The predicted octanol–water partition coefficient (Wildman–Crippen LogP) is 7.92. The molecule has 166 valence electrons. The Labute approximate surface area is 183 Å². The van der Waals surface area contributed by atoms with Gasteiger partial charge in [0.2, 0.25) is 0 Å². The highest BCUT2D eigenvalue weighted by atomic mass is 19.1. The first-order valence-electron chi connectivity index (χ1n) is 11.7. The van der Waals surface area contributed by atoms with E-state index in [4.69, 9.17) is 0 Å². The lowest BCUT2D eigenvalue weighted by atomic mass is 10.0.